The maximum Gasteiger partial charge on any atom is 0.407 e. The van der Waals surface area contributed by atoms with Crippen LogP contribution in [0.25, 0.3) is 10.9 Å². The van der Waals surface area contributed by atoms with E-state index in [1.807, 2.05) is 39.1 Å². The number of fused-ring (bicyclic) bond motifs is 1. The van der Waals surface area contributed by atoms with Gasteiger partial charge in [0.05, 0.1) is 0 Å². The van der Waals surface area contributed by atoms with E-state index in [4.69, 9.17) is 4.74 Å². The maximum atomic E-state index is 12.0. The van der Waals surface area contributed by atoms with E-state index in [-0.39, 0.29) is 12.1 Å². The number of para-hydroxylation sites is 1. The van der Waals surface area contributed by atoms with E-state index in [0.717, 1.165) is 11.9 Å². The second-order valence-corrected chi connectivity index (χ2v) is 7.06. The van der Waals surface area contributed by atoms with Crippen molar-refractivity contribution in [1.82, 2.24) is 10.3 Å². The first-order chi connectivity index (χ1) is 10.3. The smallest absolute Gasteiger partial charge is 0.407 e. The molecule has 1 amide bonds. The Balaban J connectivity index is 2.11. The largest absolute Gasteiger partial charge is 0.444 e. The molecule has 0 spiro atoms. The number of rotatable bonds is 4. The molecule has 0 aliphatic rings. The van der Waals surface area contributed by atoms with Crippen molar-refractivity contribution < 1.29 is 9.53 Å². The summed E-state index contributed by atoms with van der Waals surface area (Å²) in [6, 6.07) is 8.25. The molecule has 0 bridgehead atoms. The zero-order chi connectivity index (χ0) is 16.3. The van der Waals surface area contributed by atoms with Crippen LogP contribution in [0.2, 0.25) is 0 Å². The molecule has 120 valence electrons. The summed E-state index contributed by atoms with van der Waals surface area (Å²) in [6.45, 7) is 9.83. The lowest BCUT2D eigenvalue weighted by Crippen LogP contribution is -2.42. The lowest BCUT2D eigenvalue weighted by Gasteiger charge is -2.25. The normalized spacial score (nSPS) is 13.4. The Morgan fingerprint density at radius 2 is 1.95 bits per heavy atom. The van der Waals surface area contributed by atoms with E-state index in [1.165, 1.54) is 10.9 Å². The van der Waals surface area contributed by atoms with Gasteiger partial charge in [-0.25, -0.2) is 4.79 Å². The van der Waals surface area contributed by atoms with Crippen molar-refractivity contribution in [3.63, 3.8) is 0 Å². The molecule has 4 nitrogen and oxygen atoms in total. The summed E-state index contributed by atoms with van der Waals surface area (Å²) in [7, 11) is 0. The molecule has 0 fully saturated rings. The molecule has 2 N–H and O–H groups in total. The predicted octanol–water partition coefficient (Wildman–Crippen LogP) is 4.26. The van der Waals surface area contributed by atoms with Crippen molar-refractivity contribution >= 4 is 17.0 Å². The second kappa shape index (κ2) is 6.42. The van der Waals surface area contributed by atoms with Gasteiger partial charge in [-0.05, 0) is 44.7 Å². The average molecular weight is 302 g/mol. The Bertz CT molecular complexity index is 638. The highest BCUT2D eigenvalue weighted by Gasteiger charge is 2.22. The van der Waals surface area contributed by atoms with Gasteiger partial charge in [-0.1, -0.05) is 32.0 Å². The number of nitrogens with one attached hydrogen (secondary N) is 2. The quantitative estimate of drug-likeness (QED) is 0.886. The van der Waals surface area contributed by atoms with E-state index >= 15 is 0 Å². The lowest BCUT2D eigenvalue weighted by atomic mass is 9.96. The Labute approximate surface area is 132 Å². The molecule has 0 aliphatic carbocycles. The van der Waals surface area contributed by atoms with E-state index in [0.29, 0.717) is 5.92 Å². The first-order valence-electron chi connectivity index (χ1n) is 7.81. The molecule has 0 saturated carbocycles. The topological polar surface area (TPSA) is 54.1 Å². The van der Waals surface area contributed by atoms with Crippen LogP contribution in [-0.4, -0.2) is 22.7 Å². The fourth-order valence-electron chi connectivity index (χ4n) is 2.45. The molecule has 1 aromatic heterocycles. The number of carbonyl (C=O) groups is 1. The van der Waals surface area contributed by atoms with Gasteiger partial charge in [0.15, 0.2) is 0 Å². The predicted molar refractivity (Wildman–Crippen MR) is 90.0 cm³/mol. The van der Waals surface area contributed by atoms with Gasteiger partial charge in [0.1, 0.15) is 5.60 Å². The molecule has 0 aliphatic heterocycles. The van der Waals surface area contributed by atoms with Crippen molar-refractivity contribution in [1.29, 1.82) is 0 Å². The van der Waals surface area contributed by atoms with Gasteiger partial charge in [0, 0.05) is 23.1 Å². The van der Waals surface area contributed by atoms with Crippen LogP contribution in [-0.2, 0) is 11.2 Å². The van der Waals surface area contributed by atoms with E-state index in [2.05, 4.69) is 36.3 Å². The SMILES string of the molecule is CC(C)[C@@H](Cc1c[nH]c2ccccc12)NC(=O)OC(C)(C)C. The lowest BCUT2D eigenvalue weighted by molar-refractivity contribution is 0.0490. The highest BCUT2D eigenvalue weighted by Crippen LogP contribution is 2.21. The maximum absolute atomic E-state index is 12.0. The van der Waals surface area contributed by atoms with Crippen LogP contribution in [0.1, 0.15) is 40.2 Å². The van der Waals surface area contributed by atoms with E-state index in [9.17, 15) is 4.79 Å². The van der Waals surface area contributed by atoms with Crippen molar-refractivity contribution in [3.05, 3.63) is 36.0 Å². The third kappa shape index (κ3) is 4.26. The van der Waals surface area contributed by atoms with E-state index < -0.39 is 5.60 Å². The highest BCUT2D eigenvalue weighted by molar-refractivity contribution is 5.83. The zero-order valence-electron chi connectivity index (χ0n) is 14.1. The number of aromatic amines is 1. The number of carbonyl (C=O) groups excluding carboxylic acids is 1. The molecule has 4 heteroatoms. The van der Waals surface area contributed by atoms with Gasteiger partial charge in [-0.15, -0.1) is 0 Å². The summed E-state index contributed by atoms with van der Waals surface area (Å²) >= 11 is 0. The Hall–Kier alpha value is -1.97. The number of ether oxygens (including phenoxy) is 1. The number of alkyl carbamates (subject to hydrolysis) is 1. The van der Waals surface area contributed by atoms with Crippen molar-refractivity contribution in [2.45, 2.75) is 52.7 Å². The van der Waals surface area contributed by atoms with Crippen LogP contribution >= 0.6 is 0 Å². The van der Waals surface area contributed by atoms with Crippen molar-refractivity contribution in [2.24, 2.45) is 5.92 Å². The highest BCUT2D eigenvalue weighted by atomic mass is 16.6. The number of benzene rings is 1. The number of hydrogen-bond acceptors (Lipinski definition) is 2. The second-order valence-electron chi connectivity index (χ2n) is 7.06. The van der Waals surface area contributed by atoms with Crippen molar-refractivity contribution in [3.8, 4) is 0 Å². The summed E-state index contributed by atoms with van der Waals surface area (Å²) in [5, 5.41) is 4.21. The third-order valence-electron chi connectivity index (χ3n) is 3.62. The van der Waals surface area contributed by atoms with Crippen molar-refractivity contribution in [2.75, 3.05) is 0 Å². The number of H-pyrrole nitrogens is 1. The minimum Gasteiger partial charge on any atom is -0.444 e. The minimum atomic E-state index is -0.480. The molecule has 1 heterocycles. The fourth-order valence-corrected chi connectivity index (χ4v) is 2.45. The molecular weight excluding hydrogens is 276 g/mol. The fraction of sp³-hybridized carbons (Fsp3) is 0.500. The summed E-state index contributed by atoms with van der Waals surface area (Å²) in [4.78, 5) is 15.3. The summed E-state index contributed by atoms with van der Waals surface area (Å²) in [6.07, 6.45) is 2.45. The average Bonchev–Trinajstić information content (AvgIpc) is 2.79. The first kappa shape index (κ1) is 16.4. The Morgan fingerprint density at radius 1 is 1.27 bits per heavy atom. The van der Waals surface area contributed by atoms with Crippen LogP contribution < -0.4 is 5.32 Å². The van der Waals surface area contributed by atoms with E-state index in [1.54, 1.807) is 0 Å². The van der Waals surface area contributed by atoms with Crippen LogP contribution in [0.15, 0.2) is 30.5 Å². The van der Waals surface area contributed by atoms with Crippen LogP contribution in [0.4, 0.5) is 4.79 Å². The van der Waals surface area contributed by atoms with Gasteiger partial charge in [-0.3, -0.25) is 0 Å². The molecule has 1 atom stereocenters. The minimum absolute atomic E-state index is 0.0362. The first-order valence-corrected chi connectivity index (χ1v) is 7.81. The molecule has 0 unspecified atom stereocenters. The monoisotopic (exact) mass is 302 g/mol. The number of hydrogen-bond donors (Lipinski definition) is 2. The van der Waals surface area contributed by atoms with Gasteiger partial charge in [0.25, 0.3) is 0 Å². The molecule has 22 heavy (non-hydrogen) atoms. The van der Waals surface area contributed by atoms with Gasteiger partial charge < -0.3 is 15.0 Å². The van der Waals surface area contributed by atoms with Gasteiger partial charge >= 0.3 is 6.09 Å². The Kier molecular flexibility index (Phi) is 4.79. The summed E-state index contributed by atoms with van der Waals surface area (Å²) in [5.41, 5.74) is 1.86. The molecule has 1 aromatic carbocycles. The van der Waals surface area contributed by atoms with Crippen LogP contribution in [0, 0.1) is 5.92 Å². The third-order valence-corrected chi connectivity index (χ3v) is 3.62. The van der Waals surface area contributed by atoms with Gasteiger partial charge in [-0.2, -0.15) is 0 Å². The molecular formula is C18H26N2O2. The van der Waals surface area contributed by atoms with Crippen LogP contribution in [0.5, 0.6) is 0 Å². The number of amides is 1. The summed E-state index contributed by atoms with van der Waals surface area (Å²) in [5.74, 6) is 0.321. The summed E-state index contributed by atoms with van der Waals surface area (Å²) < 4.78 is 5.37. The molecule has 0 radical (unpaired) electrons. The van der Waals surface area contributed by atoms with Crippen LogP contribution in [0.3, 0.4) is 0 Å². The number of aromatic nitrogens is 1. The van der Waals surface area contributed by atoms with Gasteiger partial charge in [0.2, 0.25) is 0 Å². The molecule has 0 saturated heterocycles. The Morgan fingerprint density at radius 3 is 2.59 bits per heavy atom. The zero-order valence-corrected chi connectivity index (χ0v) is 14.1. The molecule has 2 rings (SSSR count). The molecule has 2 aromatic rings. The standard InChI is InChI=1S/C18H26N2O2/c1-12(2)16(20-17(21)22-18(3,4)5)10-13-11-19-15-9-7-6-8-14(13)15/h6-9,11-12,16,19H,10H2,1-5H3,(H,20,21)/t16-/m1/s1.